The largest absolute Gasteiger partial charge is 0.386 e. The molecule has 1 aliphatic heterocycles. The van der Waals surface area contributed by atoms with E-state index in [-0.39, 0.29) is 5.91 Å². The van der Waals surface area contributed by atoms with Gasteiger partial charge in [-0.2, -0.15) is 0 Å². The summed E-state index contributed by atoms with van der Waals surface area (Å²) in [6, 6.07) is 5.68. The van der Waals surface area contributed by atoms with Gasteiger partial charge in [0.1, 0.15) is 0 Å². The van der Waals surface area contributed by atoms with E-state index in [0.717, 1.165) is 23.2 Å². The number of benzene rings is 1. The lowest BCUT2D eigenvalue weighted by Gasteiger charge is -2.22. The van der Waals surface area contributed by atoms with Crippen molar-refractivity contribution in [1.29, 1.82) is 0 Å². The smallest absolute Gasteiger partial charge is 0.224 e. The first-order valence-corrected chi connectivity index (χ1v) is 5.12. The molecule has 1 aliphatic rings. The summed E-state index contributed by atoms with van der Waals surface area (Å²) in [6.07, 6.45) is 1.29. The van der Waals surface area contributed by atoms with Crippen molar-refractivity contribution in [2.75, 3.05) is 5.32 Å². The molecule has 1 amide bonds. The maximum Gasteiger partial charge on any atom is 0.224 e. The summed E-state index contributed by atoms with van der Waals surface area (Å²) in [5.74, 6) is 0.0681. The molecule has 3 heteroatoms. The van der Waals surface area contributed by atoms with E-state index >= 15 is 0 Å². The van der Waals surface area contributed by atoms with Crippen LogP contribution in [0.4, 0.5) is 5.69 Å². The fraction of sp³-hybridized carbons (Fsp3) is 0.417. The second-order valence-corrected chi connectivity index (χ2v) is 4.48. The highest BCUT2D eigenvalue weighted by Crippen LogP contribution is 2.28. The molecule has 3 nitrogen and oxygen atoms in total. The lowest BCUT2D eigenvalue weighted by molar-refractivity contribution is -0.116. The van der Waals surface area contributed by atoms with Crippen LogP contribution in [0.3, 0.4) is 0 Å². The zero-order chi connectivity index (χ0) is 11.1. The molecule has 1 aromatic carbocycles. The Kier molecular flexibility index (Phi) is 2.27. The Hall–Kier alpha value is -1.35. The minimum absolute atomic E-state index is 0.0681. The van der Waals surface area contributed by atoms with Gasteiger partial charge < -0.3 is 10.4 Å². The summed E-state index contributed by atoms with van der Waals surface area (Å²) < 4.78 is 0. The Morgan fingerprint density at radius 1 is 1.33 bits per heavy atom. The van der Waals surface area contributed by atoms with Crippen molar-refractivity contribution in [2.45, 2.75) is 32.3 Å². The highest BCUT2D eigenvalue weighted by atomic mass is 16.3. The number of amides is 1. The normalized spacial score (nSPS) is 15.8. The lowest BCUT2D eigenvalue weighted by atomic mass is 9.93. The summed E-state index contributed by atoms with van der Waals surface area (Å²) in [6.45, 7) is 3.52. The molecule has 2 N–H and O–H groups in total. The topological polar surface area (TPSA) is 49.3 Å². The minimum atomic E-state index is -0.823. The van der Waals surface area contributed by atoms with E-state index in [1.807, 2.05) is 18.2 Å². The van der Waals surface area contributed by atoms with Crippen LogP contribution in [0.15, 0.2) is 18.2 Å². The van der Waals surface area contributed by atoms with Crippen molar-refractivity contribution >= 4 is 11.6 Å². The summed E-state index contributed by atoms with van der Waals surface area (Å²) in [7, 11) is 0. The molecule has 15 heavy (non-hydrogen) atoms. The molecule has 0 saturated heterocycles. The van der Waals surface area contributed by atoms with E-state index in [4.69, 9.17) is 0 Å². The van der Waals surface area contributed by atoms with Crippen LogP contribution >= 0.6 is 0 Å². The molecule has 80 valence electrons. The highest BCUT2D eigenvalue weighted by Gasteiger charge is 2.20. The Bertz CT molecular complexity index is 405. The molecule has 0 bridgehead atoms. The number of fused-ring (bicyclic) bond motifs is 1. The van der Waals surface area contributed by atoms with Crippen molar-refractivity contribution < 1.29 is 9.90 Å². The number of carbonyl (C=O) groups excluding carboxylic acids is 1. The number of carbonyl (C=O) groups is 1. The van der Waals surface area contributed by atoms with Gasteiger partial charge in [0.15, 0.2) is 0 Å². The maximum atomic E-state index is 11.1. The van der Waals surface area contributed by atoms with Crippen LogP contribution < -0.4 is 5.32 Å². The Labute approximate surface area is 89.1 Å². The van der Waals surface area contributed by atoms with Gasteiger partial charge in [-0.15, -0.1) is 0 Å². The van der Waals surface area contributed by atoms with Gasteiger partial charge in [0, 0.05) is 12.1 Å². The first-order chi connectivity index (χ1) is 6.97. The highest BCUT2D eigenvalue weighted by molar-refractivity contribution is 5.93. The summed E-state index contributed by atoms with van der Waals surface area (Å²) >= 11 is 0. The average Bonchev–Trinajstić information content (AvgIpc) is 2.15. The predicted molar refractivity (Wildman–Crippen MR) is 58.6 cm³/mol. The van der Waals surface area contributed by atoms with Crippen molar-refractivity contribution in [3.05, 3.63) is 29.3 Å². The fourth-order valence-electron chi connectivity index (χ4n) is 1.76. The van der Waals surface area contributed by atoms with Crippen molar-refractivity contribution in [3.8, 4) is 0 Å². The first kappa shape index (κ1) is 10.2. The van der Waals surface area contributed by atoms with E-state index in [2.05, 4.69) is 5.32 Å². The van der Waals surface area contributed by atoms with E-state index in [9.17, 15) is 9.90 Å². The lowest BCUT2D eigenvalue weighted by Crippen LogP contribution is -2.21. The second kappa shape index (κ2) is 3.35. The third kappa shape index (κ3) is 2.02. The molecule has 0 radical (unpaired) electrons. The first-order valence-electron chi connectivity index (χ1n) is 5.12. The molecule has 0 aromatic heterocycles. The van der Waals surface area contributed by atoms with Crippen LogP contribution in [-0.4, -0.2) is 11.0 Å². The number of nitrogens with one attached hydrogen (secondary N) is 1. The second-order valence-electron chi connectivity index (χ2n) is 4.48. The van der Waals surface area contributed by atoms with E-state index in [1.165, 1.54) is 0 Å². The minimum Gasteiger partial charge on any atom is -0.386 e. The van der Waals surface area contributed by atoms with Gasteiger partial charge in [-0.3, -0.25) is 4.79 Å². The molecule has 0 atom stereocenters. The zero-order valence-electron chi connectivity index (χ0n) is 9.00. The van der Waals surface area contributed by atoms with Gasteiger partial charge in [-0.1, -0.05) is 12.1 Å². The van der Waals surface area contributed by atoms with Crippen LogP contribution in [-0.2, 0) is 16.8 Å². The van der Waals surface area contributed by atoms with Gasteiger partial charge in [0.25, 0.3) is 0 Å². The van der Waals surface area contributed by atoms with Gasteiger partial charge >= 0.3 is 0 Å². The Morgan fingerprint density at radius 2 is 2.07 bits per heavy atom. The molecular weight excluding hydrogens is 190 g/mol. The maximum absolute atomic E-state index is 11.1. The van der Waals surface area contributed by atoms with Crippen molar-refractivity contribution in [1.82, 2.24) is 0 Å². The van der Waals surface area contributed by atoms with Crippen LogP contribution in [0.25, 0.3) is 0 Å². The zero-order valence-corrected chi connectivity index (χ0v) is 9.00. The molecule has 2 rings (SSSR count). The summed E-state index contributed by atoms with van der Waals surface area (Å²) in [5.41, 5.74) is 2.04. The van der Waals surface area contributed by atoms with Crippen LogP contribution in [0, 0.1) is 0 Å². The van der Waals surface area contributed by atoms with Crippen molar-refractivity contribution in [3.63, 3.8) is 0 Å². The van der Waals surface area contributed by atoms with Gasteiger partial charge in [0.05, 0.1) is 5.60 Å². The molecule has 1 aromatic rings. The number of rotatable bonds is 1. The number of hydrogen-bond donors (Lipinski definition) is 2. The number of anilines is 1. The molecule has 0 saturated carbocycles. The number of hydrogen-bond acceptors (Lipinski definition) is 2. The average molecular weight is 205 g/mol. The molecule has 1 heterocycles. The summed E-state index contributed by atoms with van der Waals surface area (Å²) in [5, 5.41) is 12.7. The molecule has 0 unspecified atom stereocenters. The Balaban J connectivity index is 2.39. The quantitative estimate of drug-likeness (QED) is 0.734. The van der Waals surface area contributed by atoms with Crippen LogP contribution in [0.1, 0.15) is 31.4 Å². The van der Waals surface area contributed by atoms with E-state index in [1.54, 1.807) is 13.8 Å². The molecule has 0 spiro atoms. The standard InChI is InChI=1S/C12H15NO2/c1-12(2,15)9-4-5-10-8(7-9)3-6-11(14)13-10/h4-5,7,15H,3,6H2,1-2H3,(H,13,14). The SMILES string of the molecule is CC(C)(O)c1ccc2c(c1)CCC(=O)N2. The molecular formula is C12H15NO2. The Morgan fingerprint density at radius 3 is 2.73 bits per heavy atom. The molecule has 0 aliphatic carbocycles. The van der Waals surface area contributed by atoms with Crippen LogP contribution in [0.5, 0.6) is 0 Å². The van der Waals surface area contributed by atoms with E-state index < -0.39 is 5.60 Å². The summed E-state index contributed by atoms with van der Waals surface area (Å²) in [4.78, 5) is 11.1. The van der Waals surface area contributed by atoms with Gasteiger partial charge in [-0.05, 0) is 37.5 Å². The number of aliphatic hydroxyl groups is 1. The van der Waals surface area contributed by atoms with Crippen LogP contribution in [0.2, 0.25) is 0 Å². The van der Waals surface area contributed by atoms with Gasteiger partial charge in [0.2, 0.25) is 5.91 Å². The third-order valence-corrected chi connectivity index (χ3v) is 2.71. The van der Waals surface area contributed by atoms with Gasteiger partial charge in [-0.25, -0.2) is 0 Å². The van der Waals surface area contributed by atoms with Crippen molar-refractivity contribution in [2.24, 2.45) is 0 Å². The fourth-order valence-corrected chi connectivity index (χ4v) is 1.76. The number of aryl methyl sites for hydroxylation is 1. The van der Waals surface area contributed by atoms with E-state index in [0.29, 0.717) is 6.42 Å². The third-order valence-electron chi connectivity index (χ3n) is 2.71. The predicted octanol–water partition coefficient (Wildman–Crippen LogP) is 1.80. The molecule has 0 fully saturated rings. The monoisotopic (exact) mass is 205 g/mol.